The number of hydrogen-bond donors (Lipinski definition) is 0. The lowest BCUT2D eigenvalue weighted by Crippen LogP contribution is -2.25. The zero-order valence-electron chi connectivity index (χ0n) is 8.81. The molecule has 0 saturated carbocycles. The summed E-state index contributed by atoms with van der Waals surface area (Å²) in [5.41, 5.74) is -0.267. The average Bonchev–Trinajstić information content (AvgIpc) is 1.84. The molecule has 0 amide bonds. The highest BCUT2D eigenvalue weighted by molar-refractivity contribution is 5.84. The van der Waals surface area contributed by atoms with E-state index in [0.29, 0.717) is 12.5 Å². The number of carbonyl (C=O) groups is 1. The van der Waals surface area contributed by atoms with Crippen LogP contribution in [-0.4, -0.2) is 19.0 Å². The minimum absolute atomic E-state index is 0.170. The van der Waals surface area contributed by atoms with E-state index >= 15 is 0 Å². The van der Waals surface area contributed by atoms with E-state index in [9.17, 15) is 4.79 Å². The Balaban J connectivity index is 3.59. The van der Waals surface area contributed by atoms with Crippen molar-refractivity contribution >= 4 is 5.78 Å². The summed E-state index contributed by atoms with van der Waals surface area (Å²) in [7, 11) is 0. The van der Waals surface area contributed by atoms with Crippen molar-refractivity contribution in [3.8, 4) is 0 Å². The molecule has 0 fully saturated rings. The summed E-state index contributed by atoms with van der Waals surface area (Å²) in [5, 5.41) is 0. The van der Waals surface area contributed by atoms with E-state index < -0.39 is 0 Å². The van der Waals surface area contributed by atoms with Crippen LogP contribution in [0.25, 0.3) is 0 Å². The van der Waals surface area contributed by atoms with Crippen LogP contribution in [0.5, 0.6) is 0 Å². The quantitative estimate of drug-likeness (QED) is 0.650. The molecule has 0 unspecified atom stereocenters. The standard InChI is InChI=1S/C10H20O2/c1-8(2)6-12-7-9(11)10(3,4)5/h8H,6-7H2,1-5H3. The van der Waals surface area contributed by atoms with Crippen LogP contribution in [0.1, 0.15) is 34.6 Å². The number of ether oxygens (including phenoxy) is 1. The summed E-state index contributed by atoms with van der Waals surface area (Å²) in [6, 6.07) is 0. The highest BCUT2D eigenvalue weighted by Gasteiger charge is 2.20. The van der Waals surface area contributed by atoms with Gasteiger partial charge in [-0.25, -0.2) is 0 Å². The van der Waals surface area contributed by atoms with Gasteiger partial charge < -0.3 is 4.74 Å². The molecular formula is C10H20O2. The topological polar surface area (TPSA) is 26.3 Å². The van der Waals surface area contributed by atoms with Gasteiger partial charge >= 0.3 is 0 Å². The summed E-state index contributed by atoms with van der Waals surface area (Å²) < 4.78 is 5.23. The summed E-state index contributed by atoms with van der Waals surface area (Å²) in [5.74, 6) is 0.668. The summed E-state index contributed by atoms with van der Waals surface area (Å²) in [6.45, 7) is 10.8. The SMILES string of the molecule is CC(C)COCC(=O)C(C)(C)C. The van der Waals surface area contributed by atoms with Gasteiger partial charge in [0, 0.05) is 12.0 Å². The smallest absolute Gasteiger partial charge is 0.163 e. The van der Waals surface area contributed by atoms with Gasteiger partial charge in [-0.05, 0) is 5.92 Å². The van der Waals surface area contributed by atoms with Crippen molar-refractivity contribution in [2.75, 3.05) is 13.2 Å². The van der Waals surface area contributed by atoms with Crippen LogP contribution in [-0.2, 0) is 9.53 Å². The molecule has 0 aliphatic carbocycles. The Morgan fingerprint density at radius 1 is 1.33 bits per heavy atom. The van der Waals surface area contributed by atoms with Gasteiger partial charge in [-0.2, -0.15) is 0 Å². The number of rotatable bonds is 4. The van der Waals surface area contributed by atoms with Crippen LogP contribution >= 0.6 is 0 Å². The van der Waals surface area contributed by atoms with Crippen molar-refractivity contribution in [1.82, 2.24) is 0 Å². The second-order valence-electron chi connectivity index (χ2n) is 4.58. The normalized spacial score (nSPS) is 12.2. The predicted octanol–water partition coefficient (Wildman–Crippen LogP) is 2.27. The van der Waals surface area contributed by atoms with Crippen molar-refractivity contribution in [1.29, 1.82) is 0 Å². The van der Waals surface area contributed by atoms with Crippen molar-refractivity contribution in [2.45, 2.75) is 34.6 Å². The number of ketones is 1. The van der Waals surface area contributed by atoms with Gasteiger partial charge in [-0.1, -0.05) is 34.6 Å². The van der Waals surface area contributed by atoms with Gasteiger partial charge in [0.05, 0.1) is 0 Å². The molecule has 0 aromatic heterocycles. The molecule has 0 N–H and O–H groups in total. The molecule has 0 aliphatic heterocycles. The second-order valence-corrected chi connectivity index (χ2v) is 4.58. The minimum Gasteiger partial charge on any atom is -0.373 e. The molecule has 0 spiro atoms. The molecule has 0 aliphatic rings. The molecule has 0 bridgehead atoms. The zero-order valence-corrected chi connectivity index (χ0v) is 8.81. The third-order valence-electron chi connectivity index (χ3n) is 1.52. The van der Waals surface area contributed by atoms with Crippen LogP contribution < -0.4 is 0 Å². The van der Waals surface area contributed by atoms with E-state index in [0.717, 1.165) is 0 Å². The molecule has 2 heteroatoms. The van der Waals surface area contributed by atoms with E-state index in [1.807, 2.05) is 20.8 Å². The Morgan fingerprint density at radius 3 is 2.17 bits per heavy atom. The number of Topliss-reactive ketones (excluding diaryl/α,β-unsaturated/α-hetero) is 1. The molecule has 0 aromatic carbocycles. The first-order valence-electron chi connectivity index (χ1n) is 4.45. The molecular weight excluding hydrogens is 152 g/mol. The molecule has 0 aromatic rings. The number of hydrogen-bond acceptors (Lipinski definition) is 2. The van der Waals surface area contributed by atoms with E-state index in [2.05, 4.69) is 13.8 Å². The molecule has 0 atom stereocenters. The van der Waals surface area contributed by atoms with Gasteiger partial charge in [0.25, 0.3) is 0 Å². The highest BCUT2D eigenvalue weighted by Crippen LogP contribution is 2.14. The van der Waals surface area contributed by atoms with E-state index in [4.69, 9.17) is 4.74 Å². The first-order valence-corrected chi connectivity index (χ1v) is 4.45. The molecule has 2 nitrogen and oxygen atoms in total. The first kappa shape index (κ1) is 11.6. The van der Waals surface area contributed by atoms with Crippen molar-refractivity contribution < 1.29 is 9.53 Å². The lowest BCUT2D eigenvalue weighted by Gasteiger charge is -2.16. The summed E-state index contributed by atoms with van der Waals surface area (Å²) in [4.78, 5) is 11.3. The largest absolute Gasteiger partial charge is 0.373 e. The van der Waals surface area contributed by atoms with Crippen LogP contribution in [0.4, 0.5) is 0 Å². The fraction of sp³-hybridized carbons (Fsp3) is 0.900. The first-order chi connectivity index (χ1) is 5.34. The average molecular weight is 172 g/mol. The van der Waals surface area contributed by atoms with Crippen LogP contribution in [0.2, 0.25) is 0 Å². The molecule has 0 rings (SSSR count). The maximum Gasteiger partial charge on any atom is 0.163 e. The van der Waals surface area contributed by atoms with Gasteiger partial charge in [-0.3, -0.25) is 4.79 Å². The van der Waals surface area contributed by atoms with Crippen molar-refractivity contribution in [2.24, 2.45) is 11.3 Å². The van der Waals surface area contributed by atoms with Crippen LogP contribution in [0, 0.1) is 11.3 Å². The number of carbonyl (C=O) groups excluding carboxylic acids is 1. The Morgan fingerprint density at radius 2 is 1.83 bits per heavy atom. The summed E-state index contributed by atoms with van der Waals surface area (Å²) in [6.07, 6.45) is 0. The van der Waals surface area contributed by atoms with Crippen LogP contribution in [0.3, 0.4) is 0 Å². The highest BCUT2D eigenvalue weighted by atomic mass is 16.5. The third kappa shape index (κ3) is 5.30. The zero-order chi connectivity index (χ0) is 9.78. The lowest BCUT2D eigenvalue weighted by molar-refractivity contribution is -0.131. The van der Waals surface area contributed by atoms with Crippen molar-refractivity contribution in [3.05, 3.63) is 0 Å². The van der Waals surface area contributed by atoms with Gasteiger partial charge in [0.15, 0.2) is 5.78 Å². The van der Waals surface area contributed by atoms with Crippen LogP contribution in [0.15, 0.2) is 0 Å². The second kappa shape index (κ2) is 4.61. The van der Waals surface area contributed by atoms with E-state index in [1.165, 1.54) is 0 Å². The maximum absolute atomic E-state index is 11.3. The van der Waals surface area contributed by atoms with Crippen molar-refractivity contribution in [3.63, 3.8) is 0 Å². The van der Waals surface area contributed by atoms with Gasteiger partial charge in [0.2, 0.25) is 0 Å². The minimum atomic E-state index is -0.267. The lowest BCUT2D eigenvalue weighted by atomic mass is 9.91. The molecule has 72 valence electrons. The monoisotopic (exact) mass is 172 g/mol. The molecule has 0 heterocycles. The van der Waals surface area contributed by atoms with E-state index in [1.54, 1.807) is 0 Å². The van der Waals surface area contributed by atoms with Gasteiger partial charge in [0.1, 0.15) is 6.61 Å². The predicted molar refractivity (Wildman–Crippen MR) is 50.1 cm³/mol. The maximum atomic E-state index is 11.3. The fourth-order valence-electron chi connectivity index (χ4n) is 0.604. The van der Waals surface area contributed by atoms with Gasteiger partial charge in [-0.15, -0.1) is 0 Å². The molecule has 0 radical (unpaired) electrons. The third-order valence-corrected chi connectivity index (χ3v) is 1.52. The molecule has 0 saturated heterocycles. The Bertz CT molecular complexity index is 142. The summed E-state index contributed by atoms with van der Waals surface area (Å²) >= 11 is 0. The Labute approximate surface area is 75.3 Å². The Hall–Kier alpha value is -0.370. The Kier molecular flexibility index (Phi) is 4.46. The fourth-order valence-corrected chi connectivity index (χ4v) is 0.604. The van der Waals surface area contributed by atoms with E-state index in [-0.39, 0.29) is 17.8 Å². The molecule has 12 heavy (non-hydrogen) atoms.